The van der Waals surface area contributed by atoms with E-state index in [4.69, 9.17) is 4.74 Å². The Morgan fingerprint density at radius 1 is 1.16 bits per heavy atom. The Balaban J connectivity index is 1.35. The van der Waals surface area contributed by atoms with Gasteiger partial charge in [0.05, 0.1) is 19.1 Å². The Hall–Kier alpha value is -1.92. The van der Waals surface area contributed by atoms with Crippen molar-refractivity contribution in [3.05, 3.63) is 30.3 Å². The first-order valence-electron chi connectivity index (χ1n) is 9.17. The molecule has 6 heteroatoms. The number of benzene rings is 1. The number of morpholine rings is 1. The normalized spacial score (nSPS) is 21.5. The van der Waals surface area contributed by atoms with Gasteiger partial charge in [-0.15, -0.1) is 0 Å². The van der Waals surface area contributed by atoms with E-state index >= 15 is 0 Å². The second-order valence-corrected chi connectivity index (χ2v) is 6.69. The van der Waals surface area contributed by atoms with Crippen molar-refractivity contribution in [2.24, 2.45) is 5.92 Å². The summed E-state index contributed by atoms with van der Waals surface area (Å²) < 4.78 is 5.33. The largest absolute Gasteiger partial charge is 0.379 e. The standard InChI is InChI=1S/C19H27N3O3/c23-18-14-16(15-22(18)17-6-2-1-3-7-17)19(24)20-8-4-5-9-21-10-12-25-13-11-21/h1-3,6-7,16H,4-5,8-15H2,(H,20,24)/t16-/m1/s1. The number of carbonyl (C=O) groups excluding carboxylic acids is 2. The van der Waals surface area contributed by atoms with E-state index in [1.54, 1.807) is 4.90 Å². The van der Waals surface area contributed by atoms with E-state index in [0.29, 0.717) is 19.5 Å². The molecule has 0 radical (unpaired) electrons. The first-order valence-corrected chi connectivity index (χ1v) is 9.17. The molecule has 2 saturated heterocycles. The third kappa shape index (κ3) is 5.03. The highest BCUT2D eigenvalue weighted by atomic mass is 16.5. The lowest BCUT2D eigenvalue weighted by molar-refractivity contribution is -0.126. The van der Waals surface area contributed by atoms with Crippen LogP contribution in [0.5, 0.6) is 0 Å². The van der Waals surface area contributed by atoms with Crippen LogP contribution in [-0.2, 0) is 14.3 Å². The minimum atomic E-state index is -0.244. The van der Waals surface area contributed by atoms with Gasteiger partial charge in [-0.1, -0.05) is 18.2 Å². The Morgan fingerprint density at radius 2 is 1.92 bits per heavy atom. The van der Waals surface area contributed by atoms with Crippen molar-refractivity contribution in [2.75, 3.05) is 50.8 Å². The van der Waals surface area contributed by atoms with E-state index in [9.17, 15) is 9.59 Å². The van der Waals surface area contributed by atoms with Gasteiger partial charge in [0.15, 0.2) is 0 Å². The smallest absolute Gasteiger partial charge is 0.227 e. The fourth-order valence-electron chi connectivity index (χ4n) is 3.38. The molecule has 3 rings (SSSR count). The van der Waals surface area contributed by atoms with E-state index in [1.807, 2.05) is 30.3 Å². The number of hydrogen-bond acceptors (Lipinski definition) is 4. The monoisotopic (exact) mass is 345 g/mol. The number of amides is 2. The van der Waals surface area contributed by atoms with E-state index in [1.165, 1.54) is 0 Å². The maximum absolute atomic E-state index is 12.3. The molecule has 2 aliphatic rings. The van der Waals surface area contributed by atoms with Gasteiger partial charge in [0.1, 0.15) is 0 Å². The summed E-state index contributed by atoms with van der Waals surface area (Å²) >= 11 is 0. The summed E-state index contributed by atoms with van der Waals surface area (Å²) in [5.74, 6) is -0.219. The Labute approximate surface area is 149 Å². The molecule has 0 bridgehead atoms. The summed E-state index contributed by atoms with van der Waals surface area (Å²) in [4.78, 5) is 28.6. The van der Waals surface area contributed by atoms with Crippen LogP contribution in [0, 0.1) is 5.92 Å². The first kappa shape index (κ1) is 17.9. The van der Waals surface area contributed by atoms with Gasteiger partial charge in [-0.25, -0.2) is 0 Å². The van der Waals surface area contributed by atoms with Gasteiger partial charge in [-0.2, -0.15) is 0 Å². The van der Waals surface area contributed by atoms with Crippen LogP contribution < -0.4 is 10.2 Å². The zero-order chi connectivity index (χ0) is 17.5. The minimum absolute atomic E-state index is 0.00171. The number of nitrogens with one attached hydrogen (secondary N) is 1. The quantitative estimate of drug-likeness (QED) is 0.756. The summed E-state index contributed by atoms with van der Waals surface area (Å²) in [6.07, 6.45) is 2.33. The molecule has 0 unspecified atom stereocenters. The molecular weight excluding hydrogens is 318 g/mol. The molecule has 1 N–H and O–H groups in total. The molecular formula is C19H27N3O3. The molecule has 2 amide bonds. The number of unbranched alkanes of at least 4 members (excludes halogenated alkanes) is 1. The van der Waals surface area contributed by atoms with Gasteiger partial charge in [0, 0.05) is 38.3 Å². The molecule has 2 heterocycles. The Morgan fingerprint density at radius 3 is 2.68 bits per heavy atom. The van der Waals surface area contributed by atoms with Crippen molar-refractivity contribution >= 4 is 17.5 Å². The number of carbonyl (C=O) groups is 2. The zero-order valence-electron chi connectivity index (χ0n) is 14.7. The van der Waals surface area contributed by atoms with Crippen molar-refractivity contribution in [1.29, 1.82) is 0 Å². The highest BCUT2D eigenvalue weighted by Gasteiger charge is 2.34. The molecule has 0 spiro atoms. The maximum Gasteiger partial charge on any atom is 0.227 e. The maximum atomic E-state index is 12.3. The van der Waals surface area contributed by atoms with E-state index < -0.39 is 0 Å². The lowest BCUT2D eigenvalue weighted by atomic mass is 10.1. The highest BCUT2D eigenvalue weighted by molar-refractivity contribution is 6.00. The number of para-hydroxylation sites is 1. The zero-order valence-corrected chi connectivity index (χ0v) is 14.7. The summed E-state index contributed by atoms with van der Waals surface area (Å²) in [5, 5.41) is 2.99. The van der Waals surface area contributed by atoms with Crippen molar-refractivity contribution in [1.82, 2.24) is 10.2 Å². The SMILES string of the molecule is O=C(NCCCCN1CCOCC1)[C@@H]1CC(=O)N(c2ccccc2)C1. The second kappa shape index (κ2) is 8.97. The lowest BCUT2D eigenvalue weighted by Gasteiger charge is -2.26. The van der Waals surface area contributed by atoms with Crippen LogP contribution in [0.3, 0.4) is 0 Å². The molecule has 136 valence electrons. The van der Waals surface area contributed by atoms with Crippen molar-refractivity contribution in [3.63, 3.8) is 0 Å². The van der Waals surface area contributed by atoms with Gasteiger partial charge in [0.2, 0.25) is 11.8 Å². The summed E-state index contributed by atoms with van der Waals surface area (Å²) in [6, 6.07) is 9.55. The average Bonchev–Trinajstić information content (AvgIpc) is 3.05. The molecule has 6 nitrogen and oxygen atoms in total. The molecule has 0 aliphatic carbocycles. The van der Waals surface area contributed by atoms with Gasteiger partial charge in [-0.3, -0.25) is 14.5 Å². The molecule has 1 atom stereocenters. The summed E-state index contributed by atoms with van der Waals surface area (Å²) in [6.45, 7) is 5.87. The van der Waals surface area contributed by atoms with Crippen molar-refractivity contribution in [3.8, 4) is 0 Å². The van der Waals surface area contributed by atoms with Gasteiger partial charge in [-0.05, 0) is 31.5 Å². The van der Waals surface area contributed by atoms with Gasteiger partial charge < -0.3 is 15.0 Å². The predicted molar refractivity (Wildman–Crippen MR) is 96.4 cm³/mol. The van der Waals surface area contributed by atoms with E-state index in [-0.39, 0.29) is 17.7 Å². The van der Waals surface area contributed by atoms with Gasteiger partial charge in [0.25, 0.3) is 0 Å². The topological polar surface area (TPSA) is 61.9 Å². The minimum Gasteiger partial charge on any atom is -0.379 e. The Kier molecular flexibility index (Phi) is 6.42. The molecule has 25 heavy (non-hydrogen) atoms. The first-order chi connectivity index (χ1) is 12.2. The third-order valence-electron chi connectivity index (χ3n) is 4.87. The second-order valence-electron chi connectivity index (χ2n) is 6.69. The van der Waals surface area contributed by atoms with Crippen molar-refractivity contribution in [2.45, 2.75) is 19.3 Å². The van der Waals surface area contributed by atoms with Crippen molar-refractivity contribution < 1.29 is 14.3 Å². The van der Waals surface area contributed by atoms with E-state index in [0.717, 1.165) is 51.4 Å². The average molecular weight is 345 g/mol. The van der Waals surface area contributed by atoms with Crippen LogP contribution in [0.1, 0.15) is 19.3 Å². The summed E-state index contributed by atoms with van der Waals surface area (Å²) in [5.41, 5.74) is 0.869. The fourth-order valence-corrected chi connectivity index (χ4v) is 3.38. The number of hydrogen-bond donors (Lipinski definition) is 1. The highest BCUT2D eigenvalue weighted by Crippen LogP contribution is 2.24. The molecule has 2 fully saturated rings. The molecule has 0 aromatic heterocycles. The fraction of sp³-hybridized carbons (Fsp3) is 0.579. The number of rotatable bonds is 7. The van der Waals surface area contributed by atoms with Crippen LogP contribution in [-0.4, -0.2) is 62.7 Å². The summed E-state index contributed by atoms with van der Waals surface area (Å²) in [7, 11) is 0. The van der Waals surface area contributed by atoms with E-state index in [2.05, 4.69) is 10.2 Å². The van der Waals surface area contributed by atoms with Gasteiger partial charge >= 0.3 is 0 Å². The van der Waals surface area contributed by atoms with Crippen LogP contribution in [0.4, 0.5) is 5.69 Å². The lowest BCUT2D eigenvalue weighted by Crippen LogP contribution is -2.37. The van der Waals surface area contributed by atoms with Crippen LogP contribution in [0.15, 0.2) is 30.3 Å². The third-order valence-corrected chi connectivity index (χ3v) is 4.87. The number of nitrogens with zero attached hydrogens (tertiary/aromatic N) is 2. The Bertz CT molecular complexity index is 573. The molecule has 2 aliphatic heterocycles. The van der Waals surface area contributed by atoms with Crippen LogP contribution in [0.2, 0.25) is 0 Å². The molecule has 0 saturated carbocycles. The molecule has 1 aromatic rings. The molecule has 1 aromatic carbocycles. The van der Waals surface area contributed by atoms with Crippen LogP contribution >= 0.6 is 0 Å². The van der Waals surface area contributed by atoms with Crippen LogP contribution in [0.25, 0.3) is 0 Å². The number of anilines is 1. The number of ether oxygens (including phenoxy) is 1. The predicted octanol–water partition coefficient (Wildman–Crippen LogP) is 1.27.